The molecule has 1 aliphatic carbocycles. The summed E-state index contributed by atoms with van der Waals surface area (Å²) >= 11 is 7.63. The molecule has 1 fully saturated rings. The molecule has 1 aromatic carbocycles. The van der Waals surface area contributed by atoms with E-state index in [1.54, 1.807) is 22.8 Å². The third kappa shape index (κ3) is 3.07. The van der Waals surface area contributed by atoms with Gasteiger partial charge in [-0.05, 0) is 42.9 Å². The van der Waals surface area contributed by atoms with Crippen LogP contribution in [0.4, 0.5) is 0 Å². The fourth-order valence-electron chi connectivity index (χ4n) is 2.65. The quantitative estimate of drug-likeness (QED) is 0.880. The average molecular weight is 336 g/mol. The fourth-order valence-corrected chi connectivity index (χ4v) is 3.77. The topological polar surface area (TPSA) is 50.9 Å². The molecule has 4 nitrogen and oxygen atoms in total. The number of hydrogen-bond donors (Lipinski definition) is 1. The Morgan fingerprint density at radius 3 is 2.68 bits per heavy atom. The van der Waals surface area contributed by atoms with Crippen molar-refractivity contribution in [2.24, 2.45) is 0 Å². The largest absolute Gasteiger partial charge is 0.382 e. The molecule has 1 N–H and O–H groups in total. The summed E-state index contributed by atoms with van der Waals surface area (Å²) in [7, 11) is 0. The van der Waals surface area contributed by atoms with Gasteiger partial charge in [-0.2, -0.15) is 16.9 Å². The van der Waals surface area contributed by atoms with Gasteiger partial charge in [0.25, 0.3) is 0 Å². The van der Waals surface area contributed by atoms with E-state index < -0.39 is 5.60 Å². The van der Waals surface area contributed by atoms with Gasteiger partial charge >= 0.3 is 0 Å². The summed E-state index contributed by atoms with van der Waals surface area (Å²) in [5, 5.41) is 16.1. The molecule has 3 rings (SSSR count). The Morgan fingerprint density at radius 1 is 1.41 bits per heavy atom. The molecule has 2 aromatic rings. The Kier molecular flexibility index (Phi) is 4.30. The lowest BCUT2D eigenvalue weighted by Crippen LogP contribution is -2.44. The number of benzene rings is 1. The minimum Gasteiger partial charge on any atom is -0.382 e. The molecular weight excluding hydrogens is 318 g/mol. The molecule has 0 spiro atoms. The molecule has 0 amide bonds. The second-order valence-corrected chi connectivity index (χ2v) is 7.23. The number of rotatable bonds is 6. The first-order valence-electron chi connectivity index (χ1n) is 7.12. The first kappa shape index (κ1) is 15.6. The molecule has 1 atom stereocenters. The smallest absolute Gasteiger partial charge is 0.137 e. The molecule has 116 valence electrons. The number of aliphatic hydroxyl groups is 1. The van der Waals surface area contributed by atoms with Gasteiger partial charge in [0.1, 0.15) is 18.3 Å². The van der Waals surface area contributed by atoms with Crippen LogP contribution in [0.1, 0.15) is 18.4 Å². The minimum absolute atomic E-state index is 0.137. The summed E-state index contributed by atoms with van der Waals surface area (Å²) in [6, 6.07) is 7.57. The normalized spacial score (nSPS) is 19.2. The Bertz CT molecular complexity index is 653. The van der Waals surface area contributed by atoms with Crippen LogP contribution in [0.2, 0.25) is 5.02 Å². The van der Waals surface area contributed by atoms with Crippen LogP contribution in [-0.4, -0.2) is 36.5 Å². The Hall–Kier alpha value is -1.30. The van der Waals surface area contributed by atoms with Gasteiger partial charge in [-0.3, -0.25) is 0 Å². The molecular formula is C16H18ClN3OS. The standard InChI is InChI=1S/C16H18ClN3OS/c1-22-16(8-9-16)15(21,10-20-12-18-11-19-20)7-6-13-2-4-14(17)5-3-13/h2-7,11-12,21H,8-10H2,1H3. The van der Waals surface area contributed by atoms with Crippen LogP contribution in [0, 0.1) is 0 Å². The number of aromatic nitrogens is 3. The van der Waals surface area contributed by atoms with Crippen molar-refractivity contribution in [2.45, 2.75) is 29.7 Å². The summed E-state index contributed by atoms with van der Waals surface area (Å²) in [5.74, 6) is 0. The zero-order valence-corrected chi connectivity index (χ0v) is 13.9. The van der Waals surface area contributed by atoms with Gasteiger partial charge in [0.05, 0.1) is 6.54 Å². The molecule has 0 bridgehead atoms. The van der Waals surface area contributed by atoms with Crippen molar-refractivity contribution in [2.75, 3.05) is 6.26 Å². The second kappa shape index (κ2) is 6.07. The van der Waals surface area contributed by atoms with Gasteiger partial charge in [0.2, 0.25) is 0 Å². The van der Waals surface area contributed by atoms with Crippen LogP contribution in [0.5, 0.6) is 0 Å². The zero-order valence-electron chi connectivity index (χ0n) is 12.3. The van der Waals surface area contributed by atoms with E-state index in [1.807, 2.05) is 36.4 Å². The molecule has 0 radical (unpaired) electrons. The SMILES string of the molecule is CSC1(C(O)(C=Cc2ccc(Cl)cc2)Cn2cncn2)CC1. The summed E-state index contributed by atoms with van der Waals surface area (Å²) in [5.41, 5.74) is 0.0538. The number of nitrogens with zero attached hydrogens (tertiary/aromatic N) is 3. The van der Waals surface area contributed by atoms with Gasteiger partial charge in [0, 0.05) is 9.77 Å². The Morgan fingerprint density at radius 2 is 2.14 bits per heavy atom. The number of hydrogen-bond acceptors (Lipinski definition) is 4. The highest BCUT2D eigenvalue weighted by Gasteiger charge is 2.57. The Balaban J connectivity index is 1.87. The third-order valence-electron chi connectivity index (χ3n) is 4.17. The summed E-state index contributed by atoms with van der Waals surface area (Å²) in [4.78, 5) is 3.96. The molecule has 1 heterocycles. The van der Waals surface area contributed by atoms with Crippen LogP contribution >= 0.6 is 23.4 Å². The van der Waals surface area contributed by atoms with E-state index >= 15 is 0 Å². The maximum absolute atomic E-state index is 11.3. The summed E-state index contributed by atoms with van der Waals surface area (Å²) in [6.07, 6.45) is 11.0. The van der Waals surface area contributed by atoms with Crippen LogP contribution in [0.25, 0.3) is 6.08 Å². The molecule has 1 aliphatic rings. The van der Waals surface area contributed by atoms with E-state index in [1.165, 1.54) is 6.33 Å². The molecule has 1 saturated carbocycles. The number of thioether (sulfide) groups is 1. The average Bonchev–Trinajstić information content (AvgIpc) is 3.19. The van der Waals surface area contributed by atoms with Gasteiger partial charge < -0.3 is 5.11 Å². The lowest BCUT2D eigenvalue weighted by Gasteiger charge is -2.33. The summed E-state index contributed by atoms with van der Waals surface area (Å²) in [6.45, 7) is 0.401. The fraction of sp³-hybridized carbons (Fsp3) is 0.375. The lowest BCUT2D eigenvalue weighted by atomic mass is 9.95. The maximum atomic E-state index is 11.3. The van der Waals surface area contributed by atoms with Crippen molar-refractivity contribution in [3.63, 3.8) is 0 Å². The van der Waals surface area contributed by atoms with Crippen LogP contribution < -0.4 is 0 Å². The van der Waals surface area contributed by atoms with E-state index in [2.05, 4.69) is 16.3 Å². The molecule has 1 aromatic heterocycles. The predicted octanol–water partition coefficient (Wildman–Crippen LogP) is 3.27. The van der Waals surface area contributed by atoms with Gasteiger partial charge in [-0.25, -0.2) is 9.67 Å². The molecule has 1 unspecified atom stereocenters. The van der Waals surface area contributed by atoms with Crippen LogP contribution in [-0.2, 0) is 6.54 Å². The first-order valence-corrected chi connectivity index (χ1v) is 8.72. The van der Waals surface area contributed by atoms with Crippen molar-refractivity contribution in [1.82, 2.24) is 14.8 Å². The molecule has 0 saturated heterocycles. The predicted molar refractivity (Wildman–Crippen MR) is 90.9 cm³/mol. The second-order valence-electron chi connectivity index (χ2n) is 5.60. The van der Waals surface area contributed by atoms with E-state index in [0.717, 1.165) is 18.4 Å². The maximum Gasteiger partial charge on any atom is 0.137 e. The Labute approximate surface area is 139 Å². The molecule has 6 heteroatoms. The van der Waals surface area contributed by atoms with E-state index in [-0.39, 0.29) is 4.75 Å². The van der Waals surface area contributed by atoms with Gasteiger partial charge in [-0.15, -0.1) is 0 Å². The van der Waals surface area contributed by atoms with Crippen molar-refractivity contribution in [1.29, 1.82) is 0 Å². The molecule has 0 aliphatic heterocycles. The highest BCUT2D eigenvalue weighted by molar-refractivity contribution is 8.00. The minimum atomic E-state index is -0.959. The van der Waals surface area contributed by atoms with Crippen molar-refractivity contribution >= 4 is 29.4 Å². The van der Waals surface area contributed by atoms with E-state index in [0.29, 0.717) is 11.6 Å². The first-order chi connectivity index (χ1) is 10.6. The van der Waals surface area contributed by atoms with Crippen molar-refractivity contribution in [3.05, 3.63) is 53.6 Å². The van der Waals surface area contributed by atoms with Gasteiger partial charge in [0.15, 0.2) is 0 Å². The number of halogens is 1. The van der Waals surface area contributed by atoms with Crippen molar-refractivity contribution in [3.8, 4) is 0 Å². The van der Waals surface area contributed by atoms with E-state index in [9.17, 15) is 5.11 Å². The van der Waals surface area contributed by atoms with Crippen LogP contribution in [0.3, 0.4) is 0 Å². The van der Waals surface area contributed by atoms with Gasteiger partial charge in [-0.1, -0.05) is 29.8 Å². The highest BCUT2D eigenvalue weighted by Crippen LogP contribution is 2.56. The van der Waals surface area contributed by atoms with Crippen molar-refractivity contribution < 1.29 is 5.11 Å². The zero-order chi connectivity index (χ0) is 15.6. The molecule has 22 heavy (non-hydrogen) atoms. The lowest BCUT2D eigenvalue weighted by molar-refractivity contribution is 0.0589. The van der Waals surface area contributed by atoms with E-state index in [4.69, 9.17) is 11.6 Å². The van der Waals surface area contributed by atoms with Crippen LogP contribution in [0.15, 0.2) is 43.0 Å². The highest BCUT2D eigenvalue weighted by atomic mass is 35.5. The third-order valence-corrected chi connectivity index (χ3v) is 5.97. The monoisotopic (exact) mass is 335 g/mol. The summed E-state index contributed by atoms with van der Waals surface area (Å²) < 4.78 is 1.55.